The third kappa shape index (κ3) is 2.94. The first-order valence-electron chi connectivity index (χ1n) is 9.27. The summed E-state index contributed by atoms with van der Waals surface area (Å²) >= 11 is 6.31. The van der Waals surface area contributed by atoms with E-state index >= 15 is 0 Å². The second-order valence-electron chi connectivity index (χ2n) is 9.17. The second kappa shape index (κ2) is 5.85. The minimum atomic E-state index is 0.0877. The Kier molecular flexibility index (Phi) is 3.96. The van der Waals surface area contributed by atoms with E-state index in [1.165, 1.54) is 6.42 Å². The van der Waals surface area contributed by atoms with Gasteiger partial charge in [-0.25, -0.2) is 0 Å². The first-order chi connectivity index (χ1) is 12.2. The molecule has 1 aromatic carbocycles. The van der Waals surface area contributed by atoms with E-state index in [1.54, 1.807) is 4.68 Å². The van der Waals surface area contributed by atoms with Crippen molar-refractivity contribution in [2.24, 2.45) is 17.9 Å². The van der Waals surface area contributed by atoms with Crippen molar-refractivity contribution in [1.29, 1.82) is 0 Å². The Morgan fingerprint density at radius 3 is 2.69 bits per heavy atom. The summed E-state index contributed by atoms with van der Waals surface area (Å²) in [5.41, 5.74) is 2.76. The molecule has 2 bridgehead atoms. The molecule has 2 heterocycles. The smallest absolute Gasteiger partial charge is 0.272 e. The van der Waals surface area contributed by atoms with E-state index < -0.39 is 0 Å². The maximum Gasteiger partial charge on any atom is 0.272 e. The molecule has 0 spiro atoms. The number of halogens is 1. The van der Waals surface area contributed by atoms with Gasteiger partial charge < -0.3 is 4.90 Å². The fraction of sp³-hybridized carbons (Fsp3) is 0.524. The number of nitrogens with zero attached hydrogens (tertiary/aromatic N) is 3. The number of likely N-dealkylation sites (tertiary alicyclic amines) is 1. The van der Waals surface area contributed by atoms with Gasteiger partial charge in [0.15, 0.2) is 0 Å². The zero-order chi connectivity index (χ0) is 18.7. The summed E-state index contributed by atoms with van der Waals surface area (Å²) in [6, 6.07) is 9.82. The van der Waals surface area contributed by atoms with Gasteiger partial charge in [0, 0.05) is 25.2 Å². The van der Waals surface area contributed by atoms with Gasteiger partial charge in [-0.2, -0.15) is 5.10 Å². The largest absolute Gasteiger partial charge is 0.334 e. The van der Waals surface area contributed by atoms with Crippen molar-refractivity contribution in [2.75, 3.05) is 6.54 Å². The molecule has 4 nitrogen and oxygen atoms in total. The lowest BCUT2D eigenvalue weighted by molar-refractivity contribution is 0.0697. The first-order valence-corrected chi connectivity index (χ1v) is 9.65. The summed E-state index contributed by atoms with van der Waals surface area (Å²) in [6.45, 7) is 7.81. The summed E-state index contributed by atoms with van der Waals surface area (Å²) in [4.78, 5) is 15.4. The molecule has 1 saturated carbocycles. The third-order valence-corrected chi connectivity index (χ3v) is 6.25. The average molecular weight is 372 g/mol. The summed E-state index contributed by atoms with van der Waals surface area (Å²) < 4.78 is 1.69. The average Bonchev–Trinajstić information content (AvgIpc) is 3.03. The Morgan fingerprint density at radius 2 is 1.96 bits per heavy atom. The molecule has 4 rings (SSSR count). The molecule has 1 aromatic heterocycles. The molecular formula is C21H26ClN3O. The molecule has 1 saturated heterocycles. The van der Waals surface area contributed by atoms with E-state index in [1.807, 2.05) is 37.4 Å². The number of carbonyl (C=O) groups excluding carboxylic acids is 1. The molecule has 5 heteroatoms. The van der Waals surface area contributed by atoms with Crippen LogP contribution in [-0.2, 0) is 7.05 Å². The van der Waals surface area contributed by atoms with Crippen LogP contribution in [0.1, 0.15) is 50.5 Å². The highest BCUT2D eigenvalue weighted by atomic mass is 35.5. The fourth-order valence-corrected chi connectivity index (χ4v) is 5.55. The van der Waals surface area contributed by atoms with E-state index in [9.17, 15) is 4.79 Å². The standard InChI is InChI=1S/C21H26ClN3O/c1-20(2)10-14-11-21(3,12-20)13-25(14)19(26)18-9-17(23-24(18)4)15-7-5-6-8-16(15)22/h5-9,14H,10-13H2,1-4H3. The van der Waals surface area contributed by atoms with Crippen LogP contribution in [0.3, 0.4) is 0 Å². The molecule has 26 heavy (non-hydrogen) atoms. The molecule has 1 aliphatic heterocycles. The van der Waals surface area contributed by atoms with Crippen LogP contribution in [0, 0.1) is 10.8 Å². The highest BCUT2D eigenvalue weighted by Crippen LogP contribution is 2.52. The van der Waals surface area contributed by atoms with E-state index in [4.69, 9.17) is 11.6 Å². The van der Waals surface area contributed by atoms with Crippen LogP contribution >= 0.6 is 11.6 Å². The monoisotopic (exact) mass is 371 g/mol. The maximum atomic E-state index is 13.3. The molecule has 0 N–H and O–H groups in total. The van der Waals surface area contributed by atoms with E-state index in [2.05, 4.69) is 30.8 Å². The second-order valence-corrected chi connectivity index (χ2v) is 9.57. The van der Waals surface area contributed by atoms with Crippen LogP contribution in [0.15, 0.2) is 30.3 Å². The van der Waals surface area contributed by atoms with Gasteiger partial charge in [-0.05, 0) is 42.2 Å². The Morgan fingerprint density at radius 1 is 1.23 bits per heavy atom. The maximum absolute atomic E-state index is 13.3. The fourth-order valence-electron chi connectivity index (χ4n) is 5.31. The van der Waals surface area contributed by atoms with Crippen LogP contribution < -0.4 is 0 Å². The van der Waals surface area contributed by atoms with Crippen LogP contribution in [0.25, 0.3) is 11.3 Å². The van der Waals surface area contributed by atoms with Crippen molar-refractivity contribution >= 4 is 17.5 Å². The predicted molar refractivity (Wildman–Crippen MR) is 104 cm³/mol. The molecule has 2 aliphatic rings. The van der Waals surface area contributed by atoms with Crippen molar-refractivity contribution in [2.45, 2.75) is 46.1 Å². The number of hydrogen-bond acceptors (Lipinski definition) is 2. The topological polar surface area (TPSA) is 38.1 Å². The number of rotatable bonds is 2. The Bertz CT molecular complexity index is 872. The quantitative estimate of drug-likeness (QED) is 0.761. The van der Waals surface area contributed by atoms with Crippen LogP contribution in [-0.4, -0.2) is 33.2 Å². The Labute approximate surface area is 160 Å². The summed E-state index contributed by atoms with van der Waals surface area (Å²) in [5, 5.41) is 5.20. The van der Waals surface area contributed by atoms with E-state index in [0.29, 0.717) is 22.2 Å². The minimum absolute atomic E-state index is 0.0877. The molecular weight excluding hydrogens is 346 g/mol. The third-order valence-electron chi connectivity index (χ3n) is 5.92. The molecule has 2 aromatic rings. The van der Waals surface area contributed by atoms with Crippen LogP contribution in [0.5, 0.6) is 0 Å². The lowest BCUT2D eigenvalue weighted by Crippen LogP contribution is -2.38. The first kappa shape index (κ1) is 17.6. The molecule has 1 amide bonds. The molecule has 1 aliphatic carbocycles. The lowest BCUT2D eigenvalue weighted by atomic mass is 9.65. The van der Waals surface area contributed by atoms with Gasteiger partial charge >= 0.3 is 0 Å². The summed E-state index contributed by atoms with van der Waals surface area (Å²) in [5.74, 6) is 0.0877. The van der Waals surface area contributed by atoms with Gasteiger partial charge in [0.1, 0.15) is 5.69 Å². The van der Waals surface area contributed by atoms with Crippen molar-refractivity contribution < 1.29 is 4.79 Å². The van der Waals surface area contributed by atoms with Gasteiger partial charge in [-0.1, -0.05) is 50.6 Å². The van der Waals surface area contributed by atoms with Crippen LogP contribution in [0.2, 0.25) is 5.02 Å². The van der Waals surface area contributed by atoms with Gasteiger partial charge in [0.2, 0.25) is 0 Å². The number of aryl methyl sites for hydroxylation is 1. The van der Waals surface area contributed by atoms with E-state index in [-0.39, 0.29) is 11.3 Å². The summed E-state index contributed by atoms with van der Waals surface area (Å²) in [7, 11) is 1.83. The molecule has 2 atom stereocenters. The molecule has 2 fully saturated rings. The van der Waals surface area contributed by atoms with Crippen LogP contribution in [0.4, 0.5) is 0 Å². The number of aromatic nitrogens is 2. The van der Waals surface area contributed by atoms with Crippen molar-refractivity contribution in [3.8, 4) is 11.3 Å². The van der Waals surface area contributed by atoms with Crippen molar-refractivity contribution in [3.05, 3.63) is 41.0 Å². The molecule has 138 valence electrons. The Balaban J connectivity index is 1.65. The van der Waals surface area contributed by atoms with Crippen molar-refractivity contribution in [1.82, 2.24) is 14.7 Å². The minimum Gasteiger partial charge on any atom is -0.334 e. The van der Waals surface area contributed by atoms with Gasteiger partial charge in [-0.3, -0.25) is 9.48 Å². The summed E-state index contributed by atoms with van der Waals surface area (Å²) in [6.07, 6.45) is 3.36. The van der Waals surface area contributed by atoms with E-state index in [0.717, 1.165) is 30.6 Å². The normalized spacial score (nSPS) is 27.0. The SMILES string of the molecule is Cn1nc(-c2ccccc2Cl)cc1C(=O)N1CC2(C)CC1CC(C)(C)C2. The highest BCUT2D eigenvalue weighted by Gasteiger charge is 2.51. The number of fused-ring (bicyclic) bond motifs is 2. The lowest BCUT2D eigenvalue weighted by Gasteiger charge is -2.39. The zero-order valence-corrected chi connectivity index (χ0v) is 16.7. The number of hydrogen-bond donors (Lipinski definition) is 0. The molecule has 2 unspecified atom stereocenters. The molecule has 0 radical (unpaired) electrons. The number of carbonyl (C=O) groups is 1. The van der Waals surface area contributed by atoms with Gasteiger partial charge in [0.25, 0.3) is 5.91 Å². The Hall–Kier alpha value is -1.81. The number of amides is 1. The van der Waals surface area contributed by atoms with Gasteiger partial charge in [-0.15, -0.1) is 0 Å². The predicted octanol–water partition coefficient (Wildman–Crippen LogP) is 4.78. The van der Waals surface area contributed by atoms with Gasteiger partial charge in [0.05, 0.1) is 10.7 Å². The highest BCUT2D eigenvalue weighted by molar-refractivity contribution is 6.33. The van der Waals surface area contributed by atoms with Crippen molar-refractivity contribution in [3.63, 3.8) is 0 Å². The number of benzene rings is 1. The zero-order valence-electron chi connectivity index (χ0n) is 15.9.